The minimum atomic E-state index is 0.422. The van der Waals surface area contributed by atoms with E-state index in [-0.39, 0.29) is 0 Å². The first-order chi connectivity index (χ1) is 9.35. The molecule has 106 valence electrons. The molecule has 1 heterocycles. The fraction of sp³-hybridized carbons (Fsp3) is 0.625. The van der Waals surface area contributed by atoms with Crippen LogP contribution in [0.3, 0.4) is 0 Å². The third-order valence-electron chi connectivity index (χ3n) is 4.06. The maximum atomic E-state index is 6.04. The van der Waals surface area contributed by atoms with Gasteiger partial charge in [0.25, 0.3) is 0 Å². The average molecular weight is 261 g/mol. The molecule has 1 aromatic rings. The summed E-state index contributed by atoms with van der Waals surface area (Å²) in [6, 6.07) is 11.1. The van der Waals surface area contributed by atoms with Gasteiger partial charge in [-0.2, -0.15) is 0 Å². The zero-order valence-electron chi connectivity index (χ0n) is 12.1. The van der Waals surface area contributed by atoms with Gasteiger partial charge in [0.15, 0.2) is 0 Å². The highest BCUT2D eigenvalue weighted by Gasteiger charge is 2.20. The van der Waals surface area contributed by atoms with Crippen LogP contribution < -0.4 is 10.6 Å². The Morgan fingerprint density at radius 2 is 1.84 bits per heavy atom. The second-order valence-corrected chi connectivity index (χ2v) is 5.37. The van der Waals surface area contributed by atoms with Crippen LogP contribution in [0.2, 0.25) is 0 Å². The molecule has 1 fully saturated rings. The fourth-order valence-corrected chi connectivity index (χ4v) is 3.01. The van der Waals surface area contributed by atoms with Crippen LogP contribution in [-0.2, 0) is 0 Å². The van der Waals surface area contributed by atoms with Crippen molar-refractivity contribution < 1.29 is 0 Å². The van der Waals surface area contributed by atoms with Gasteiger partial charge >= 0.3 is 0 Å². The van der Waals surface area contributed by atoms with Crippen molar-refractivity contribution in [2.45, 2.75) is 32.2 Å². The van der Waals surface area contributed by atoms with Crippen LogP contribution in [0, 0.1) is 0 Å². The van der Waals surface area contributed by atoms with Crippen LogP contribution in [-0.4, -0.2) is 43.7 Å². The summed E-state index contributed by atoms with van der Waals surface area (Å²) in [4.78, 5) is 5.02. The van der Waals surface area contributed by atoms with Crippen molar-refractivity contribution in [2.24, 2.45) is 5.73 Å². The number of nitrogens with zero attached hydrogens (tertiary/aromatic N) is 2. The van der Waals surface area contributed by atoms with Gasteiger partial charge in [-0.15, -0.1) is 0 Å². The molecule has 0 amide bonds. The lowest BCUT2D eigenvalue weighted by Gasteiger charge is -2.37. The number of benzene rings is 1. The lowest BCUT2D eigenvalue weighted by molar-refractivity contribution is 0.214. The third-order valence-corrected chi connectivity index (χ3v) is 4.06. The molecule has 0 aliphatic carbocycles. The molecule has 1 aromatic carbocycles. The molecular weight excluding hydrogens is 234 g/mol. The highest BCUT2D eigenvalue weighted by molar-refractivity contribution is 5.47. The summed E-state index contributed by atoms with van der Waals surface area (Å²) in [6.45, 7) is 7.52. The van der Waals surface area contributed by atoms with Gasteiger partial charge in [0.2, 0.25) is 0 Å². The Bertz CT molecular complexity index is 346. The minimum Gasteiger partial charge on any atom is -0.366 e. The van der Waals surface area contributed by atoms with E-state index in [1.165, 1.54) is 38.0 Å². The SMILES string of the molecule is CCN(c1ccccc1)C(CN)CN1CCCCC1. The molecule has 1 aliphatic rings. The molecule has 2 N–H and O–H groups in total. The predicted molar refractivity (Wildman–Crippen MR) is 82.6 cm³/mol. The van der Waals surface area contributed by atoms with E-state index >= 15 is 0 Å². The van der Waals surface area contributed by atoms with E-state index in [2.05, 4.69) is 47.1 Å². The van der Waals surface area contributed by atoms with Crippen LogP contribution >= 0.6 is 0 Å². The zero-order chi connectivity index (χ0) is 13.5. The Hall–Kier alpha value is -1.06. The number of likely N-dealkylation sites (N-methyl/N-ethyl adjacent to an activating group) is 1. The standard InChI is InChI=1S/C16H27N3/c1-2-19(15-9-5-3-6-10-15)16(13-17)14-18-11-7-4-8-12-18/h3,5-6,9-10,16H,2,4,7-8,11-14,17H2,1H3. The summed E-state index contributed by atoms with van der Waals surface area (Å²) < 4.78 is 0. The molecule has 3 heteroatoms. The van der Waals surface area contributed by atoms with Gasteiger partial charge in [-0.05, 0) is 45.0 Å². The Morgan fingerprint density at radius 3 is 2.42 bits per heavy atom. The highest BCUT2D eigenvalue weighted by atomic mass is 15.2. The normalized spacial score (nSPS) is 18.2. The van der Waals surface area contributed by atoms with Gasteiger partial charge in [-0.1, -0.05) is 24.6 Å². The summed E-state index contributed by atoms with van der Waals surface area (Å²) >= 11 is 0. The molecule has 3 nitrogen and oxygen atoms in total. The molecule has 0 radical (unpaired) electrons. The van der Waals surface area contributed by atoms with Gasteiger partial charge in [0, 0.05) is 25.3 Å². The predicted octanol–water partition coefficient (Wildman–Crippen LogP) is 2.33. The molecular formula is C16H27N3. The molecule has 19 heavy (non-hydrogen) atoms. The summed E-state index contributed by atoms with van der Waals surface area (Å²) in [5.41, 5.74) is 7.32. The fourth-order valence-electron chi connectivity index (χ4n) is 3.01. The maximum absolute atomic E-state index is 6.04. The van der Waals surface area contributed by atoms with Crippen molar-refractivity contribution in [3.63, 3.8) is 0 Å². The molecule has 1 aliphatic heterocycles. The van der Waals surface area contributed by atoms with E-state index in [1.54, 1.807) is 0 Å². The minimum absolute atomic E-state index is 0.422. The summed E-state index contributed by atoms with van der Waals surface area (Å²) in [7, 11) is 0. The molecule has 1 saturated heterocycles. The van der Waals surface area contributed by atoms with Crippen molar-refractivity contribution in [2.75, 3.05) is 37.6 Å². The van der Waals surface area contributed by atoms with E-state index in [4.69, 9.17) is 5.73 Å². The summed E-state index contributed by atoms with van der Waals surface area (Å²) in [6.07, 6.45) is 4.07. The van der Waals surface area contributed by atoms with E-state index in [0.717, 1.165) is 19.6 Å². The van der Waals surface area contributed by atoms with Gasteiger partial charge in [-0.3, -0.25) is 0 Å². The molecule has 1 unspecified atom stereocenters. The molecule has 0 bridgehead atoms. The average Bonchev–Trinajstić information content (AvgIpc) is 2.49. The Morgan fingerprint density at radius 1 is 1.16 bits per heavy atom. The van der Waals surface area contributed by atoms with Crippen LogP contribution in [0.15, 0.2) is 30.3 Å². The third kappa shape index (κ3) is 3.95. The quantitative estimate of drug-likeness (QED) is 0.853. The molecule has 0 spiro atoms. The van der Waals surface area contributed by atoms with Crippen molar-refractivity contribution in [3.05, 3.63) is 30.3 Å². The van der Waals surface area contributed by atoms with Gasteiger partial charge < -0.3 is 15.5 Å². The first kappa shape index (κ1) is 14.4. The number of para-hydroxylation sites is 1. The van der Waals surface area contributed by atoms with E-state index in [9.17, 15) is 0 Å². The van der Waals surface area contributed by atoms with Crippen molar-refractivity contribution in [3.8, 4) is 0 Å². The second-order valence-electron chi connectivity index (χ2n) is 5.37. The molecule has 0 saturated carbocycles. The van der Waals surface area contributed by atoms with Crippen molar-refractivity contribution in [1.29, 1.82) is 0 Å². The number of likely N-dealkylation sites (tertiary alicyclic amines) is 1. The number of nitrogens with two attached hydrogens (primary N) is 1. The monoisotopic (exact) mass is 261 g/mol. The summed E-state index contributed by atoms with van der Waals surface area (Å²) in [5, 5.41) is 0. The first-order valence-electron chi connectivity index (χ1n) is 7.59. The van der Waals surface area contributed by atoms with Crippen molar-refractivity contribution >= 4 is 5.69 Å². The van der Waals surface area contributed by atoms with E-state index in [1.807, 2.05) is 0 Å². The topological polar surface area (TPSA) is 32.5 Å². The molecule has 0 aromatic heterocycles. The number of hydrogen-bond donors (Lipinski definition) is 1. The van der Waals surface area contributed by atoms with Gasteiger partial charge in [0.1, 0.15) is 0 Å². The number of hydrogen-bond acceptors (Lipinski definition) is 3. The number of rotatable bonds is 6. The number of piperidine rings is 1. The van der Waals surface area contributed by atoms with Gasteiger partial charge in [0.05, 0.1) is 6.04 Å². The second kappa shape index (κ2) is 7.51. The van der Waals surface area contributed by atoms with E-state index < -0.39 is 0 Å². The first-order valence-corrected chi connectivity index (χ1v) is 7.59. The van der Waals surface area contributed by atoms with Crippen LogP contribution in [0.4, 0.5) is 5.69 Å². The van der Waals surface area contributed by atoms with Crippen LogP contribution in [0.25, 0.3) is 0 Å². The Labute approximate surface area is 117 Å². The lowest BCUT2D eigenvalue weighted by Crippen LogP contribution is -2.49. The maximum Gasteiger partial charge on any atom is 0.0539 e. The van der Waals surface area contributed by atoms with Crippen LogP contribution in [0.5, 0.6) is 0 Å². The highest BCUT2D eigenvalue weighted by Crippen LogP contribution is 2.18. The lowest BCUT2D eigenvalue weighted by atomic mass is 10.1. The Balaban J connectivity index is 2.01. The molecule has 1 atom stereocenters. The molecule has 2 rings (SSSR count). The summed E-state index contributed by atoms with van der Waals surface area (Å²) in [5.74, 6) is 0. The Kier molecular flexibility index (Phi) is 5.67. The smallest absolute Gasteiger partial charge is 0.0539 e. The number of anilines is 1. The zero-order valence-corrected chi connectivity index (χ0v) is 12.1. The van der Waals surface area contributed by atoms with E-state index in [0.29, 0.717) is 6.04 Å². The largest absolute Gasteiger partial charge is 0.366 e. The van der Waals surface area contributed by atoms with Crippen LogP contribution in [0.1, 0.15) is 26.2 Å². The van der Waals surface area contributed by atoms with Crippen molar-refractivity contribution in [1.82, 2.24) is 4.90 Å². The van der Waals surface area contributed by atoms with Gasteiger partial charge in [-0.25, -0.2) is 0 Å².